The number of rotatable bonds is 3. The zero-order valence-electron chi connectivity index (χ0n) is 17.8. The normalized spacial score (nSPS) is 16.5. The minimum atomic E-state index is -0.533. The summed E-state index contributed by atoms with van der Waals surface area (Å²) in [5.74, 6) is -0.163. The molecule has 2 amide bonds. The van der Waals surface area contributed by atoms with E-state index in [1.165, 1.54) is 0 Å². The lowest BCUT2D eigenvalue weighted by Gasteiger charge is -2.26. The monoisotopic (exact) mass is 388 g/mol. The number of anilines is 1. The van der Waals surface area contributed by atoms with Crippen molar-refractivity contribution >= 4 is 28.6 Å². The zero-order chi connectivity index (χ0) is 20.9. The summed E-state index contributed by atoms with van der Waals surface area (Å²) in [5.41, 5.74) is 1.26. The van der Waals surface area contributed by atoms with Crippen molar-refractivity contribution in [3.05, 3.63) is 24.4 Å². The van der Waals surface area contributed by atoms with Gasteiger partial charge >= 0.3 is 6.09 Å². The number of carbonyl (C=O) groups is 2. The van der Waals surface area contributed by atoms with E-state index in [1.54, 1.807) is 16.0 Å². The molecule has 1 aliphatic heterocycles. The number of H-pyrrole nitrogens is 1. The van der Waals surface area contributed by atoms with E-state index in [-0.39, 0.29) is 17.9 Å². The summed E-state index contributed by atoms with van der Waals surface area (Å²) >= 11 is 0. The van der Waals surface area contributed by atoms with Crippen molar-refractivity contribution in [3.63, 3.8) is 0 Å². The summed E-state index contributed by atoms with van der Waals surface area (Å²) in [6.45, 7) is 13.0. The van der Waals surface area contributed by atoms with Gasteiger partial charge in [0, 0.05) is 30.7 Å². The first kappa shape index (κ1) is 21.7. The van der Waals surface area contributed by atoms with Gasteiger partial charge in [0.15, 0.2) is 0 Å². The first-order valence-corrected chi connectivity index (χ1v) is 10.0. The second-order valence-electron chi connectivity index (χ2n) is 7.64. The molecule has 2 heterocycles. The molecule has 0 spiro atoms. The minimum absolute atomic E-state index is 0.0430. The Morgan fingerprint density at radius 1 is 1.32 bits per heavy atom. The molecule has 1 N–H and O–H groups in total. The Bertz CT molecular complexity index is 809. The second kappa shape index (κ2) is 9.08. The Kier molecular flexibility index (Phi) is 7.05. The molecule has 1 unspecified atom stereocenters. The van der Waals surface area contributed by atoms with Gasteiger partial charge in [-0.05, 0) is 52.3 Å². The van der Waals surface area contributed by atoms with Crippen molar-refractivity contribution in [1.29, 1.82) is 0 Å². The molecule has 0 bridgehead atoms. The molecule has 2 aromatic rings. The smallest absolute Gasteiger partial charge is 0.410 e. The largest absolute Gasteiger partial charge is 0.444 e. The maximum Gasteiger partial charge on any atom is 0.410 e. The molecular weight excluding hydrogens is 356 g/mol. The minimum Gasteiger partial charge on any atom is -0.444 e. The predicted octanol–water partition coefficient (Wildman–Crippen LogP) is 4.20. The van der Waals surface area contributed by atoms with Gasteiger partial charge in [0.05, 0.1) is 17.6 Å². The number of likely N-dealkylation sites (tertiary alicyclic amines) is 1. The van der Waals surface area contributed by atoms with E-state index in [2.05, 4.69) is 10.2 Å². The number of carbonyl (C=O) groups excluding carboxylic acids is 2. The van der Waals surface area contributed by atoms with Crippen LogP contribution in [0.15, 0.2) is 24.4 Å². The Morgan fingerprint density at radius 2 is 2.04 bits per heavy atom. The van der Waals surface area contributed by atoms with Crippen LogP contribution in [0.3, 0.4) is 0 Å². The number of amides is 2. The number of fused-ring (bicyclic) bond motifs is 1. The number of aromatic amines is 1. The molecule has 1 aromatic carbocycles. The lowest BCUT2D eigenvalue weighted by Crippen LogP contribution is -2.39. The first-order valence-electron chi connectivity index (χ1n) is 10.0. The highest BCUT2D eigenvalue weighted by Crippen LogP contribution is 2.26. The van der Waals surface area contributed by atoms with Gasteiger partial charge in [-0.3, -0.25) is 9.89 Å². The fourth-order valence-corrected chi connectivity index (χ4v) is 3.24. The fourth-order valence-electron chi connectivity index (χ4n) is 3.24. The maximum atomic E-state index is 13.0. The molecule has 154 valence electrons. The molecule has 1 saturated heterocycles. The van der Waals surface area contributed by atoms with E-state index in [9.17, 15) is 9.59 Å². The van der Waals surface area contributed by atoms with Crippen LogP contribution in [-0.4, -0.2) is 52.3 Å². The third kappa shape index (κ3) is 5.03. The Labute approximate surface area is 167 Å². The Hall–Kier alpha value is -2.57. The van der Waals surface area contributed by atoms with Gasteiger partial charge in [-0.2, -0.15) is 5.10 Å². The number of nitrogens with one attached hydrogen (secondary N) is 1. The predicted molar refractivity (Wildman–Crippen MR) is 111 cm³/mol. The number of hydrogen-bond donors (Lipinski definition) is 1. The van der Waals surface area contributed by atoms with Crippen LogP contribution >= 0.6 is 0 Å². The Balaban J connectivity index is 0.00000136. The van der Waals surface area contributed by atoms with Crippen molar-refractivity contribution in [2.45, 2.75) is 53.6 Å². The molecule has 28 heavy (non-hydrogen) atoms. The lowest BCUT2D eigenvalue weighted by atomic mass is 10.1. The van der Waals surface area contributed by atoms with E-state index in [0.29, 0.717) is 26.1 Å². The van der Waals surface area contributed by atoms with Gasteiger partial charge in [0.25, 0.3) is 0 Å². The lowest BCUT2D eigenvalue weighted by molar-refractivity contribution is -0.121. The van der Waals surface area contributed by atoms with E-state index in [1.807, 2.05) is 59.7 Å². The number of aromatic nitrogens is 2. The molecule has 0 aliphatic carbocycles. The second-order valence-corrected chi connectivity index (χ2v) is 7.64. The number of ether oxygens (including phenoxy) is 1. The van der Waals surface area contributed by atoms with Crippen molar-refractivity contribution < 1.29 is 14.3 Å². The summed E-state index contributed by atoms with van der Waals surface area (Å²) in [5, 5.41) is 7.90. The van der Waals surface area contributed by atoms with Gasteiger partial charge in [-0.1, -0.05) is 13.8 Å². The van der Waals surface area contributed by atoms with E-state index < -0.39 is 5.60 Å². The van der Waals surface area contributed by atoms with Gasteiger partial charge in [-0.25, -0.2) is 4.79 Å². The molecule has 1 fully saturated rings. The summed E-state index contributed by atoms with van der Waals surface area (Å²) in [4.78, 5) is 28.7. The van der Waals surface area contributed by atoms with Crippen LogP contribution in [0.2, 0.25) is 0 Å². The highest BCUT2D eigenvalue weighted by molar-refractivity contribution is 5.97. The van der Waals surface area contributed by atoms with Gasteiger partial charge in [0.1, 0.15) is 5.60 Å². The van der Waals surface area contributed by atoms with Gasteiger partial charge in [0.2, 0.25) is 5.91 Å². The molecule has 7 nitrogen and oxygen atoms in total. The molecule has 1 aromatic heterocycles. The summed E-state index contributed by atoms with van der Waals surface area (Å²) < 4.78 is 5.41. The standard InChI is InChI=1S/C19H26N4O3.C2H6/c1-5-23(15-6-7-16-14(10-15)11-20-21-16)17(24)13-8-9-22(12-13)18(25)26-19(2,3)4;1-2/h6-7,10-11,13H,5,8-9,12H2,1-4H3,(H,20,21);1-2H3. The molecule has 7 heteroatoms. The SMILES string of the molecule is CC.CCN(C(=O)C1CCN(C(=O)OC(C)(C)C)C1)c1ccc2[nH]ncc2c1. The molecule has 0 saturated carbocycles. The van der Waals surface area contributed by atoms with Crippen LogP contribution in [0.4, 0.5) is 10.5 Å². The van der Waals surface area contributed by atoms with E-state index in [0.717, 1.165) is 16.6 Å². The van der Waals surface area contributed by atoms with Gasteiger partial charge < -0.3 is 14.5 Å². The quantitative estimate of drug-likeness (QED) is 0.855. The van der Waals surface area contributed by atoms with Crippen molar-refractivity contribution in [1.82, 2.24) is 15.1 Å². The first-order chi connectivity index (χ1) is 13.3. The van der Waals surface area contributed by atoms with Crippen molar-refractivity contribution in [2.24, 2.45) is 5.92 Å². The van der Waals surface area contributed by atoms with Crippen LogP contribution in [0.1, 0.15) is 48.0 Å². The Morgan fingerprint density at radius 3 is 2.68 bits per heavy atom. The summed E-state index contributed by atoms with van der Waals surface area (Å²) in [6.07, 6.45) is 2.05. The van der Waals surface area contributed by atoms with E-state index >= 15 is 0 Å². The average molecular weight is 389 g/mol. The van der Waals surface area contributed by atoms with Crippen LogP contribution in [0.25, 0.3) is 10.9 Å². The summed E-state index contributed by atoms with van der Waals surface area (Å²) in [7, 11) is 0. The van der Waals surface area contributed by atoms with Crippen LogP contribution in [0, 0.1) is 5.92 Å². The van der Waals surface area contributed by atoms with E-state index in [4.69, 9.17) is 4.74 Å². The fraction of sp³-hybridized carbons (Fsp3) is 0.571. The van der Waals surface area contributed by atoms with Crippen molar-refractivity contribution in [3.8, 4) is 0 Å². The summed E-state index contributed by atoms with van der Waals surface area (Å²) in [6, 6.07) is 5.80. The van der Waals surface area contributed by atoms with Crippen LogP contribution in [-0.2, 0) is 9.53 Å². The number of hydrogen-bond acceptors (Lipinski definition) is 4. The van der Waals surface area contributed by atoms with Crippen LogP contribution < -0.4 is 4.90 Å². The highest BCUT2D eigenvalue weighted by Gasteiger charge is 2.35. The zero-order valence-corrected chi connectivity index (χ0v) is 17.8. The molecule has 1 aliphatic rings. The third-order valence-electron chi connectivity index (χ3n) is 4.51. The number of nitrogens with zero attached hydrogens (tertiary/aromatic N) is 3. The maximum absolute atomic E-state index is 13.0. The molecule has 0 radical (unpaired) electrons. The molecule has 1 atom stereocenters. The topological polar surface area (TPSA) is 78.5 Å². The average Bonchev–Trinajstić information content (AvgIpc) is 3.31. The number of benzene rings is 1. The molecular formula is C21H32N4O3. The van der Waals surface area contributed by atoms with Gasteiger partial charge in [-0.15, -0.1) is 0 Å². The molecule has 3 rings (SSSR count). The van der Waals surface area contributed by atoms with Crippen molar-refractivity contribution in [2.75, 3.05) is 24.5 Å². The highest BCUT2D eigenvalue weighted by atomic mass is 16.6. The third-order valence-corrected chi connectivity index (χ3v) is 4.51. The van der Waals surface area contributed by atoms with Crippen LogP contribution in [0.5, 0.6) is 0 Å².